The number of carbonyl (C=O) groups is 1. The van der Waals surface area contributed by atoms with E-state index in [1.54, 1.807) is 23.0 Å². The van der Waals surface area contributed by atoms with Gasteiger partial charge in [0.15, 0.2) is 10.8 Å². The SMILES string of the molecule is CC1CCCN(Cc2csc(NC(=O)c3cnn4cccnc34)n2)C1. The molecule has 0 aromatic carbocycles. The first-order chi connectivity index (χ1) is 12.2. The minimum atomic E-state index is -0.235. The van der Waals surface area contributed by atoms with Gasteiger partial charge in [-0.25, -0.2) is 14.5 Å². The second-order valence-electron chi connectivity index (χ2n) is 6.53. The maximum absolute atomic E-state index is 12.5. The number of amides is 1. The van der Waals surface area contributed by atoms with E-state index in [1.165, 1.54) is 30.4 Å². The Kier molecular flexibility index (Phi) is 4.46. The standard InChI is InChI=1S/C17H20N6OS/c1-12-4-2-6-22(9-12)10-13-11-25-17(20-13)21-16(24)14-8-19-23-7-3-5-18-15(14)23/h3,5,7-8,11-12H,2,4,6,9-10H2,1H3,(H,20,21,24). The van der Waals surface area contributed by atoms with E-state index < -0.39 is 0 Å². The molecule has 1 atom stereocenters. The van der Waals surface area contributed by atoms with E-state index in [9.17, 15) is 4.79 Å². The van der Waals surface area contributed by atoms with Crippen LogP contribution in [0.25, 0.3) is 5.65 Å². The predicted molar refractivity (Wildman–Crippen MR) is 96.7 cm³/mol. The Bertz CT molecular complexity index is 888. The average molecular weight is 356 g/mol. The Morgan fingerprint density at radius 1 is 1.48 bits per heavy atom. The van der Waals surface area contributed by atoms with Crippen molar-refractivity contribution in [2.75, 3.05) is 18.4 Å². The summed E-state index contributed by atoms with van der Waals surface area (Å²) < 4.78 is 1.58. The van der Waals surface area contributed by atoms with E-state index >= 15 is 0 Å². The van der Waals surface area contributed by atoms with Crippen LogP contribution in [0.4, 0.5) is 5.13 Å². The molecule has 0 spiro atoms. The van der Waals surface area contributed by atoms with Crippen LogP contribution in [0.5, 0.6) is 0 Å². The van der Waals surface area contributed by atoms with Crippen LogP contribution in [0, 0.1) is 5.92 Å². The van der Waals surface area contributed by atoms with Crippen LogP contribution in [-0.2, 0) is 6.54 Å². The lowest BCUT2D eigenvalue weighted by Crippen LogP contribution is -2.33. The number of thiazole rings is 1. The van der Waals surface area contributed by atoms with Crippen molar-refractivity contribution in [2.24, 2.45) is 5.92 Å². The molecule has 4 heterocycles. The van der Waals surface area contributed by atoms with Gasteiger partial charge >= 0.3 is 0 Å². The Morgan fingerprint density at radius 2 is 2.40 bits per heavy atom. The van der Waals surface area contributed by atoms with Crippen molar-refractivity contribution in [2.45, 2.75) is 26.3 Å². The lowest BCUT2D eigenvalue weighted by atomic mass is 10.0. The van der Waals surface area contributed by atoms with Gasteiger partial charge < -0.3 is 0 Å². The van der Waals surface area contributed by atoms with Crippen LogP contribution in [0.3, 0.4) is 0 Å². The Hall–Kier alpha value is -2.32. The second kappa shape index (κ2) is 6.89. The van der Waals surface area contributed by atoms with Crippen LogP contribution < -0.4 is 5.32 Å². The fourth-order valence-electron chi connectivity index (χ4n) is 3.25. The molecule has 1 N–H and O–H groups in total. The highest BCUT2D eigenvalue weighted by Gasteiger charge is 2.18. The number of likely N-dealkylation sites (tertiary alicyclic amines) is 1. The topological polar surface area (TPSA) is 75.4 Å². The first-order valence-corrected chi connectivity index (χ1v) is 9.33. The number of fused-ring (bicyclic) bond motifs is 1. The molecular weight excluding hydrogens is 336 g/mol. The van der Waals surface area contributed by atoms with Crippen LogP contribution in [-0.4, -0.2) is 43.5 Å². The highest BCUT2D eigenvalue weighted by molar-refractivity contribution is 7.14. The largest absolute Gasteiger partial charge is 0.298 e. The summed E-state index contributed by atoms with van der Waals surface area (Å²) >= 11 is 1.45. The van der Waals surface area contributed by atoms with Crippen LogP contribution in [0.2, 0.25) is 0 Å². The number of anilines is 1. The quantitative estimate of drug-likeness (QED) is 0.778. The van der Waals surface area contributed by atoms with Gasteiger partial charge in [-0.15, -0.1) is 11.3 Å². The fraction of sp³-hybridized carbons (Fsp3) is 0.412. The summed E-state index contributed by atoms with van der Waals surface area (Å²) in [7, 11) is 0. The summed E-state index contributed by atoms with van der Waals surface area (Å²) in [6, 6.07) is 1.77. The summed E-state index contributed by atoms with van der Waals surface area (Å²) in [5.74, 6) is 0.510. The Balaban J connectivity index is 1.43. The zero-order valence-electron chi connectivity index (χ0n) is 14.1. The van der Waals surface area contributed by atoms with E-state index in [1.807, 2.05) is 5.38 Å². The molecule has 1 aliphatic heterocycles. The van der Waals surface area contributed by atoms with Crippen molar-refractivity contribution in [1.82, 2.24) is 24.5 Å². The van der Waals surface area contributed by atoms with Gasteiger partial charge in [-0.05, 0) is 31.4 Å². The number of nitrogens with zero attached hydrogens (tertiary/aromatic N) is 5. The number of rotatable bonds is 4. The van der Waals surface area contributed by atoms with Gasteiger partial charge in [-0.3, -0.25) is 15.0 Å². The Labute approximate surface area is 149 Å². The van der Waals surface area contributed by atoms with E-state index in [0.29, 0.717) is 16.3 Å². The molecule has 7 nitrogen and oxygen atoms in total. The van der Waals surface area contributed by atoms with Crippen molar-refractivity contribution in [3.8, 4) is 0 Å². The Morgan fingerprint density at radius 3 is 3.28 bits per heavy atom. The van der Waals surface area contributed by atoms with Crippen LogP contribution in [0.15, 0.2) is 30.0 Å². The maximum atomic E-state index is 12.5. The van der Waals surface area contributed by atoms with Gasteiger partial charge in [0.1, 0.15) is 5.56 Å². The minimum absolute atomic E-state index is 0.235. The summed E-state index contributed by atoms with van der Waals surface area (Å²) in [6.07, 6.45) is 7.50. The molecule has 1 saturated heterocycles. The zero-order chi connectivity index (χ0) is 17.2. The molecule has 3 aromatic heterocycles. The molecule has 1 unspecified atom stereocenters. The molecule has 1 fully saturated rings. The summed E-state index contributed by atoms with van der Waals surface area (Å²) in [6.45, 7) is 5.38. The van der Waals surface area contributed by atoms with E-state index in [2.05, 4.69) is 32.2 Å². The van der Waals surface area contributed by atoms with Crippen molar-refractivity contribution in [1.29, 1.82) is 0 Å². The van der Waals surface area contributed by atoms with Gasteiger partial charge in [-0.1, -0.05) is 6.92 Å². The smallest absolute Gasteiger partial charge is 0.262 e. The molecule has 25 heavy (non-hydrogen) atoms. The lowest BCUT2D eigenvalue weighted by molar-refractivity contribution is 0.102. The molecule has 1 aliphatic rings. The predicted octanol–water partition coefficient (Wildman–Crippen LogP) is 2.67. The lowest BCUT2D eigenvalue weighted by Gasteiger charge is -2.30. The number of hydrogen-bond acceptors (Lipinski definition) is 6. The zero-order valence-corrected chi connectivity index (χ0v) is 14.9. The van der Waals surface area contributed by atoms with Crippen LogP contribution in [0.1, 0.15) is 35.8 Å². The summed E-state index contributed by atoms with van der Waals surface area (Å²) in [5, 5.41) is 9.63. The molecule has 4 rings (SSSR count). The van der Waals surface area contributed by atoms with Gasteiger partial charge in [0.2, 0.25) is 0 Å². The first kappa shape index (κ1) is 16.2. The monoisotopic (exact) mass is 356 g/mol. The van der Waals surface area contributed by atoms with Crippen molar-refractivity contribution in [3.05, 3.63) is 41.3 Å². The van der Waals surface area contributed by atoms with Crippen molar-refractivity contribution >= 4 is 28.0 Å². The molecule has 0 bridgehead atoms. The number of aromatic nitrogens is 4. The normalized spacial score (nSPS) is 18.5. The molecule has 0 radical (unpaired) electrons. The van der Waals surface area contributed by atoms with Crippen molar-refractivity contribution in [3.63, 3.8) is 0 Å². The average Bonchev–Trinajstić information content (AvgIpc) is 3.21. The molecule has 0 saturated carbocycles. The summed E-state index contributed by atoms with van der Waals surface area (Å²) in [5.41, 5.74) is 1.99. The third-order valence-corrected chi connectivity index (χ3v) is 5.23. The van der Waals surface area contributed by atoms with E-state index in [0.717, 1.165) is 31.2 Å². The van der Waals surface area contributed by atoms with E-state index in [4.69, 9.17) is 0 Å². The third-order valence-electron chi connectivity index (χ3n) is 4.42. The van der Waals surface area contributed by atoms with Crippen LogP contribution >= 0.6 is 11.3 Å². The summed E-state index contributed by atoms with van der Waals surface area (Å²) in [4.78, 5) is 23.7. The molecule has 0 aliphatic carbocycles. The second-order valence-corrected chi connectivity index (χ2v) is 7.38. The first-order valence-electron chi connectivity index (χ1n) is 8.45. The maximum Gasteiger partial charge on any atom is 0.262 e. The fourth-order valence-corrected chi connectivity index (χ4v) is 3.94. The number of nitrogens with one attached hydrogen (secondary N) is 1. The molecule has 8 heteroatoms. The highest BCUT2D eigenvalue weighted by Crippen LogP contribution is 2.21. The molecule has 3 aromatic rings. The van der Waals surface area contributed by atoms with Gasteiger partial charge in [0, 0.05) is 30.9 Å². The number of piperidine rings is 1. The number of hydrogen-bond donors (Lipinski definition) is 1. The van der Waals surface area contributed by atoms with Crippen molar-refractivity contribution < 1.29 is 4.79 Å². The third kappa shape index (κ3) is 3.54. The minimum Gasteiger partial charge on any atom is -0.298 e. The van der Waals surface area contributed by atoms with Gasteiger partial charge in [-0.2, -0.15) is 5.10 Å². The molecule has 130 valence electrons. The molecular formula is C17H20N6OS. The van der Waals surface area contributed by atoms with Gasteiger partial charge in [0.25, 0.3) is 5.91 Å². The molecule has 1 amide bonds. The van der Waals surface area contributed by atoms with Gasteiger partial charge in [0.05, 0.1) is 11.9 Å². The number of carbonyl (C=O) groups excluding carboxylic acids is 1. The highest BCUT2D eigenvalue weighted by atomic mass is 32.1. The van der Waals surface area contributed by atoms with E-state index in [-0.39, 0.29) is 5.91 Å².